The van der Waals surface area contributed by atoms with Crippen LogP contribution in [0.2, 0.25) is 0 Å². The van der Waals surface area contributed by atoms with Crippen LogP contribution in [-0.4, -0.2) is 17.0 Å². The fourth-order valence-electron chi connectivity index (χ4n) is 2.47. The van der Waals surface area contributed by atoms with Crippen LogP contribution >= 0.6 is 22.7 Å². The van der Waals surface area contributed by atoms with E-state index in [-0.39, 0.29) is 16.1 Å². The molecule has 0 atom stereocenters. The summed E-state index contributed by atoms with van der Waals surface area (Å²) < 4.78 is 38.1. The number of aromatic carboxylic acids is 1. The van der Waals surface area contributed by atoms with E-state index in [0.29, 0.717) is 10.4 Å². The van der Waals surface area contributed by atoms with Gasteiger partial charge in [-0.2, -0.15) is 13.2 Å². The van der Waals surface area contributed by atoms with Gasteiger partial charge in [0.2, 0.25) is 0 Å². The Balaban J connectivity index is 1.95. The molecular formula is C18H12F3NO3S2. The molecular weight excluding hydrogens is 399 g/mol. The van der Waals surface area contributed by atoms with Gasteiger partial charge in [-0.25, -0.2) is 4.79 Å². The zero-order valence-electron chi connectivity index (χ0n) is 13.8. The zero-order valence-corrected chi connectivity index (χ0v) is 15.4. The Morgan fingerprint density at radius 1 is 1.07 bits per heavy atom. The normalized spacial score (nSPS) is 11.4. The zero-order chi connectivity index (χ0) is 19.8. The number of nitrogens with one attached hydrogen (secondary N) is 1. The van der Waals surface area contributed by atoms with Crippen molar-refractivity contribution in [2.45, 2.75) is 13.1 Å². The number of anilines is 1. The van der Waals surface area contributed by atoms with E-state index in [1.54, 1.807) is 18.4 Å². The van der Waals surface area contributed by atoms with Crippen molar-refractivity contribution in [3.05, 3.63) is 62.7 Å². The number of amides is 1. The van der Waals surface area contributed by atoms with Crippen molar-refractivity contribution in [2.75, 3.05) is 5.32 Å². The molecule has 9 heteroatoms. The number of hydrogen-bond acceptors (Lipinski definition) is 4. The third kappa shape index (κ3) is 3.88. The molecule has 0 spiro atoms. The van der Waals surface area contributed by atoms with Crippen LogP contribution in [0.4, 0.5) is 18.9 Å². The highest BCUT2D eigenvalue weighted by molar-refractivity contribution is 7.14. The lowest BCUT2D eigenvalue weighted by Crippen LogP contribution is -2.13. The second-order valence-electron chi connectivity index (χ2n) is 5.62. The number of thiophene rings is 2. The summed E-state index contributed by atoms with van der Waals surface area (Å²) in [6.45, 7) is 1.77. The Labute approximate surface area is 159 Å². The monoisotopic (exact) mass is 411 g/mol. The van der Waals surface area contributed by atoms with Crippen LogP contribution in [0.15, 0.2) is 41.1 Å². The molecule has 0 saturated heterocycles. The summed E-state index contributed by atoms with van der Waals surface area (Å²) in [5, 5.41) is 15.4. The van der Waals surface area contributed by atoms with Crippen molar-refractivity contribution in [1.82, 2.24) is 0 Å². The van der Waals surface area contributed by atoms with Crippen LogP contribution in [0, 0.1) is 6.92 Å². The van der Waals surface area contributed by atoms with Crippen LogP contribution in [0.5, 0.6) is 0 Å². The minimum Gasteiger partial charge on any atom is -0.478 e. The van der Waals surface area contributed by atoms with Gasteiger partial charge >= 0.3 is 12.1 Å². The smallest absolute Gasteiger partial charge is 0.416 e. The quantitative estimate of drug-likeness (QED) is 0.574. The van der Waals surface area contributed by atoms with Gasteiger partial charge in [0.1, 0.15) is 5.56 Å². The third-order valence-electron chi connectivity index (χ3n) is 3.80. The van der Waals surface area contributed by atoms with E-state index in [9.17, 15) is 27.9 Å². The molecule has 2 N–H and O–H groups in total. The Hall–Kier alpha value is -2.65. The Morgan fingerprint density at radius 2 is 1.74 bits per heavy atom. The van der Waals surface area contributed by atoms with Crippen molar-refractivity contribution >= 4 is 40.2 Å². The average Bonchev–Trinajstić information content (AvgIpc) is 3.20. The lowest BCUT2D eigenvalue weighted by molar-refractivity contribution is -0.137. The summed E-state index contributed by atoms with van der Waals surface area (Å²) >= 11 is 2.28. The van der Waals surface area contributed by atoms with Gasteiger partial charge in [0.25, 0.3) is 5.91 Å². The molecule has 0 unspecified atom stereocenters. The number of benzene rings is 1. The summed E-state index contributed by atoms with van der Waals surface area (Å²) in [5.41, 5.74) is 0.245. The van der Waals surface area contributed by atoms with Crippen molar-refractivity contribution in [2.24, 2.45) is 0 Å². The summed E-state index contributed by atoms with van der Waals surface area (Å²) in [4.78, 5) is 24.8. The first-order valence-corrected chi connectivity index (χ1v) is 9.32. The molecule has 0 radical (unpaired) electrons. The largest absolute Gasteiger partial charge is 0.478 e. The maximum atomic E-state index is 12.7. The first kappa shape index (κ1) is 19.1. The van der Waals surface area contributed by atoms with Gasteiger partial charge in [-0.3, -0.25) is 4.79 Å². The topological polar surface area (TPSA) is 66.4 Å². The van der Waals surface area contributed by atoms with Gasteiger partial charge in [-0.15, -0.1) is 22.7 Å². The molecule has 1 aromatic carbocycles. The number of halogens is 3. The minimum atomic E-state index is -4.47. The first-order chi connectivity index (χ1) is 12.7. The maximum absolute atomic E-state index is 12.7. The molecule has 0 bridgehead atoms. The molecule has 1 amide bonds. The average molecular weight is 411 g/mol. The molecule has 4 nitrogen and oxygen atoms in total. The molecule has 2 aromatic heterocycles. The maximum Gasteiger partial charge on any atom is 0.416 e. The van der Waals surface area contributed by atoms with E-state index in [2.05, 4.69) is 5.32 Å². The molecule has 27 heavy (non-hydrogen) atoms. The highest BCUT2D eigenvalue weighted by Crippen LogP contribution is 2.38. The minimum absolute atomic E-state index is 0.111. The SMILES string of the molecule is Cc1ccsc1C(=O)Nc1csc(-c2ccc(C(F)(F)F)cc2)c1C(=O)O. The predicted octanol–water partition coefficient (Wildman–Crippen LogP) is 5.75. The van der Waals surface area contributed by atoms with Crippen molar-refractivity contribution in [3.8, 4) is 10.4 Å². The molecule has 2 heterocycles. The highest BCUT2D eigenvalue weighted by atomic mass is 32.1. The van der Waals surface area contributed by atoms with Gasteiger partial charge in [-0.1, -0.05) is 12.1 Å². The van der Waals surface area contributed by atoms with Crippen molar-refractivity contribution in [3.63, 3.8) is 0 Å². The number of hydrogen-bond donors (Lipinski definition) is 2. The molecule has 3 aromatic rings. The lowest BCUT2D eigenvalue weighted by Gasteiger charge is -2.08. The second-order valence-corrected chi connectivity index (χ2v) is 7.42. The molecule has 0 aliphatic carbocycles. The highest BCUT2D eigenvalue weighted by Gasteiger charge is 2.30. The Morgan fingerprint density at radius 3 is 2.26 bits per heavy atom. The van der Waals surface area contributed by atoms with E-state index in [0.717, 1.165) is 29.0 Å². The first-order valence-electron chi connectivity index (χ1n) is 7.56. The van der Waals surface area contributed by atoms with E-state index < -0.39 is 23.6 Å². The Bertz CT molecular complexity index is 1000. The van der Waals surface area contributed by atoms with Crippen LogP contribution < -0.4 is 5.32 Å². The number of carbonyl (C=O) groups excluding carboxylic acids is 1. The number of aryl methyl sites for hydroxylation is 1. The number of carboxylic acids is 1. The summed E-state index contributed by atoms with van der Waals surface area (Å²) in [6, 6.07) is 6.01. The Kier molecular flexibility index (Phi) is 5.07. The van der Waals surface area contributed by atoms with Gasteiger partial charge in [-0.05, 0) is 41.6 Å². The van der Waals surface area contributed by atoms with E-state index >= 15 is 0 Å². The molecule has 0 aliphatic heterocycles. The van der Waals surface area contributed by atoms with Gasteiger partial charge in [0, 0.05) is 5.38 Å². The summed E-state index contributed by atoms with van der Waals surface area (Å²) in [6.07, 6.45) is -4.47. The van der Waals surface area contributed by atoms with Crippen LogP contribution in [0.1, 0.15) is 31.2 Å². The number of alkyl halides is 3. The van der Waals surface area contributed by atoms with Gasteiger partial charge < -0.3 is 10.4 Å². The van der Waals surface area contributed by atoms with E-state index in [1.165, 1.54) is 28.8 Å². The molecule has 140 valence electrons. The molecule has 3 rings (SSSR count). The van der Waals surface area contributed by atoms with Gasteiger partial charge in [0.05, 0.1) is 21.0 Å². The lowest BCUT2D eigenvalue weighted by atomic mass is 10.1. The van der Waals surface area contributed by atoms with E-state index in [1.807, 2.05) is 0 Å². The van der Waals surface area contributed by atoms with Crippen LogP contribution in [0.25, 0.3) is 10.4 Å². The fourth-order valence-corrected chi connectivity index (χ4v) is 4.29. The number of rotatable bonds is 4. The number of carbonyl (C=O) groups is 2. The van der Waals surface area contributed by atoms with Crippen LogP contribution in [0.3, 0.4) is 0 Å². The third-order valence-corrected chi connectivity index (χ3v) is 5.84. The predicted molar refractivity (Wildman–Crippen MR) is 98.7 cm³/mol. The summed E-state index contributed by atoms with van der Waals surface area (Å²) in [5.74, 6) is -1.70. The molecule has 0 fully saturated rings. The molecule has 0 saturated carbocycles. The molecule has 0 aliphatic rings. The van der Waals surface area contributed by atoms with Crippen LogP contribution in [-0.2, 0) is 6.18 Å². The van der Waals surface area contributed by atoms with Crippen molar-refractivity contribution in [1.29, 1.82) is 0 Å². The number of carboxylic acid groups (broad SMARTS) is 1. The second kappa shape index (κ2) is 7.16. The fraction of sp³-hybridized carbons (Fsp3) is 0.111. The van der Waals surface area contributed by atoms with Crippen molar-refractivity contribution < 1.29 is 27.9 Å². The van der Waals surface area contributed by atoms with E-state index in [4.69, 9.17) is 0 Å². The standard InChI is InChI=1S/C18H12F3NO3S2/c1-9-6-7-26-14(9)16(23)22-12-8-27-15(13(12)17(24)25)10-2-4-11(5-3-10)18(19,20)21/h2-8H,1H3,(H,22,23)(H,24,25). The summed E-state index contributed by atoms with van der Waals surface area (Å²) in [7, 11) is 0. The van der Waals surface area contributed by atoms with Gasteiger partial charge in [0.15, 0.2) is 0 Å².